The molecule has 2 nitrogen and oxygen atoms in total. The van der Waals surface area contributed by atoms with Crippen molar-refractivity contribution in [2.75, 3.05) is 25.9 Å². The molecular formula is C16H37NOSi2. The van der Waals surface area contributed by atoms with Gasteiger partial charge in [0.1, 0.15) is 0 Å². The second-order valence-electron chi connectivity index (χ2n) is 9.35. The van der Waals surface area contributed by atoms with Gasteiger partial charge in [-0.2, -0.15) is 0 Å². The van der Waals surface area contributed by atoms with E-state index in [2.05, 4.69) is 58.4 Å². The SMILES string of the molecule is CC(C)(C)[Si](C)(C)OCC1CCN(C[Si](C)(C)C)CC1. The summed E-state index contributed by atoms with van der Waals surface area (Å²) in [6, 6.07) is 0. The molecule has 0 atom stereocenters. The smallest absolute Gasteiger partial charge is 0.191 e. The van der Waals surface area contributed by atoms with Gasteiger partial charge in [-0.1, -0.05) is 40.4 Å². The maximum absolute atomic E-state index is 6.40. The van der Waals surface area contributed by atoms with Gasteiger partial charge in [0.15, 0.2) is 8.32 Å². The topological polar surface area (TPSA) is 12.5 Å². The highest BCUT2D eigenvalue weighted by Gasteiger charge is 2.37. The van der Waals surface area contributed by atoms with Crippen LogP contribution < -0.4 is 0 Å². The van der Waals surface area contributed by atoms with Crippen LogP contribution in [0.15, 0.2) is 0 Å². The van der Waals surface area contributed by atoms with Gasteiger partial charge in [0.25, 0.3) is 0 Å². The van der Waals surface area contributed by atoms with Crippen molar-refractivity contribution in [3.8, 4) is 0 Å². The Bertz CT molecular complexity index is 297. The molecule has 0 radical (unpaired) electrons. The molecule has 1 heterocycles. The Kier molecular flexibility index (Phi) is 6.10. The van der Waals surface area contributed by atoms with Gasteiger partial charge < -0.3 is 9.33 Å². The molecule has 0 amide bonds. The number of nitrogens with zero attached hydrogens (tertiary/aromatic N) is 1. The molecule has 0 bridgehead atoms. The van der Waals surface area contributed by atoms with Crippen LogP contribution in [0.3, 0.4) is 0 Å². The zero-order chi connectivity index (χ0) is 15.6. The first-order valence-electron chi connectivity index (χ1n) is 8.27. The van der Waals surface area contributed by atoms with Gasteiger partial charge in [-0.15, -0.1) is 0 Å². The van der Waals surface area contributed by atoms with Crippen molar-refractivity contribution in [3.63, 3.8) is 0 Å². The molecule has 0 aromatic carbocycles. The molecule has 0 spiro atoms. The van der Waals surface area contributed by atoms with Crippen molar-refractivity contribution in [2.45, 2.75) is 71.4 Å². The summed E-state index contributed by atoms with van der Waals surface area (Å²) >= 11 is 0. The minimum Gasteiger partial charge on any atom is -0.417 e. The Hall–Kier alpha value is 0.354. The predicted octanol–water partition coefficient (Wildman–Crippen LogP) is 4.60. The molecule has 1 saturated heterocycles. The number of hydrogen-bond donors (Lipinski definition) is 0. The van der Waals surface area contributed by atoms with E-state index in [1.54, 1.807) is 0 Å². The van der Waals surface area contributed by atoms with Crippen LogP contribution in [0, 0.1) is 5.92 Å². The molecule has 0 saturated carbocycles. The zero-order valence-electron chi connectivity index (χ0n) is 15.2. The van der Waals surface area contributed by atoms with E-state index >= 15 is 0 Å². The summed E-state index contributed by atoms with van der Waals surface area (Å²) < 4.78 is 6.40. The van der Waals surface area contributed by atoms with E-state index in [4.69, 9.17) is 4.43 Å². The molecule has 0 aliphatic carbocycles. The lowest BCUT2D eigenvalue weighted by atomic mass is 9.98. The maximum atomic E-state index is 6.40. The molecular weight excluding hydrogens is 278 g/mol. The summed E-state index contributed by atoms with van der Waals surface area (Å²) in [6.07, 6.45) is 4.03. The average Bonchev–Trinajstić information content (AvgIpc) is 2.24. The van der Waals surface area contributed by atoms with Crippen LogP contribution in [0.4, 0.5) is 0 Å². The Morgan fingerprint density at radius 1 is 1.00 bits per heavy atom. The first-order valence-corrected chi connectivity index (χ1v) is 14.9. The van der Waals surface area contributed by atoms with Gasteiger partial charge in [0.2, 0.25) is 0 Å². The summed E-state index contributed by atoms with van der Waals surface area (Å²) in [5.74, 6) is 0.794. The molecule has 20 heavy (non-hydrogen) atoms. The highest BCUT2D eigenvalue weighted by Crippen LogP contribution is 2.37. The molecule has 1 fully saturated rings. The van der Waals surface area contributed by atoms with Crippen molar-refractivity contribution in [1.29, 1.82) is 0 Å². The lowest BCUT2D eigenvalue weighted by Gasteiger charge is -2.39. The number of likely N-dealkylation sites (tertiary alicyclic amines) is 1. The molecule has 1 aliphatic heterocycles. The van der Waals surface area contributed by atoms with Gasteiger partial charge in [0, 0.05) is 6.61 Å². The van der Waals surface area contributed by atoms with Crippen molar-refractivity contribution >= 4 is 16.4 Å². The first kappa shape index (κ1) is 18.4. The van der Waals surface area contributed by atoms with Crippen molar-refractivity contribution in [1.82, 2.24) is 4.90 Å². The summed E-state index contributed by atoms with van der Waals surface area (Å²) in [6.45, 7) is 22.7. The molecule has 0 unspecified atom stereocenters. The minimum atomic E-state index is -1.55. The van der Waals surface area contributed by atoms with Crippen LogP contribution in [0.5, 0.6) is 0 Å². The van der Waals surface area contributed by atoms with Gasteiger partial charge in [-0.05, 0) is 56.1 Å². The molecule has 0 aromatic rings. The van der Waals surface area contributed by atoms with Crippen LogP contribution in [-0.4, -0.2) is 47.2 Å². The van der Waals surface area contributed by atoms with E-state index in [0.29, 0.717) is 5.04 Å². The number of hydrogen-bond acceptors (Lipinski definition) is 2. The first-order chi connectivity index (χ1) is 8.91. The summed E-state index contributed by atoms with van der Waals surface area (Å²) in [5.41, 5.74) is 0. The normalized spacial score (nSPS) is 20.4. The Morgan fingerprint density at radius 2 is 1.50 bits per heavy atom. The Labute approximate surface area is 129 Å². The zero-order valence-corrected chi connectivity index (χ0v) is 17.2. The predicted molar refractivity (Wildman–Crippen MR) is 95.7 cm³/mol. The van der Waals surface area contributed by atoms with Crippen molar-refractivity contribution in [3.05, 3.63) is 0 Å². The summed E-state index contributed by atoms with van der Waals surface area (Å²) in [7, 11) is -2.49. The van der Waals surface area contributed by atoms with Gasteiger partial charge >= 0.3 is 0 Å². The number of piperidine rings is 1. The Balaban J connectivity index is 2.33. The van der Waals surface area contributed by atoms with Crippen LogP contribution in [-0.2, 0) is 4.43 Å². The molecule has 1 rings (SSSR count). The molecule has 1 aliphatic rings. The maximum Gasteiger partial charge on any atom is 0.191 e. The van der Waals surface area contributed by atoms with Crippen LogP contribution in [0.25, 0.3) is 0 Å². The standard InChI is InChI=1S/C16H37NOSi2/c1-16(2,3)20(7,8)18-13-15-9-11-17(12-10-15)14-19(4,5)6/h15H,9-14H2,1-8H3. The third-order valence-corrected chi connectivity index (χ3v) is 10.8. The van der Waals surface area contributed by atoms with Crippen LogP contribution >= 0.6 is 0 Å². The molecule has 120 valence electrons. The molecule has 0 aromatic heterocycles. The van der Waals surface area contributed by atoms with E-state index in [1.807, 2.05) is 0 Å². The lowest BCUT2D eigenvalue weighted by Crippen LogP contribution is -2.46. The van der Waals surface area contributed by atoms with Gasteiger partial charge in [0.05, 0.1) is 8.07 Å². The second-order valence-corrected chi connectivity index (χ2v) is 19.6. The minimum absolute atomic E-state index is 0.339. The van der Waals surface area contributed by atoms with E-state index in [1.165, 1.54) is 32.1 Å². The average molecular weight is 316 g/mol. The largest absolute Gasteiger partial charge is 0.417 e. The molecule has 4 heteroatoms. The Morgan fingerprint density at radius 3 is 1.90 bits per heavy atom. The lowest BCUT2D eigenvalue weighted by molar-refractivity contribution is 0.145. The van der Waals surface area contributed by atoms with E-state index in [-0.39, 0.29) is 0 Å². The third-order valence-electron chi connectivity index (χ3n) is 4.89. The van der Waals surface area contributed by atoms with E-state index in [9.17, 15) is 0 Å². The fraction of sp³-hybridized carbons (Fsp3) is 1.00. The number of rotatable bonds is 5. The van der Waals surface area contributed by atoms with Gasteiger partial charge in [-0.3, -0.25) is 0 Å². The van der Waals surface area contributed by atoms with Crippen molar-refractivity contribution < 1.29 is 4.43 Å². The summed E-state index contributed by atoms with van der Waals surface area (Å²) in [5, 5.41) is 0.339. The highest BCUT2D eigenvalue weighted by molar-refractivity contribution is 6.76. The third kappa shape index (κ3) is 6.00. The van der Waals surface area contributed by atoms with E-state index < -0.39 is 16.4 Å². The van der Waals surface area contributed by atoms with E-state index in [0.717, 1.165) is 12.5 Å². The van der Waals surface area contributed by atoms with Crippen molar-refractivity contribution in [2.24, 2.45) is 5.92 Å². The second kappa shape index (κ2) is 6.63. The molecule has 0 N–H and O–H groups in total. The van der Waals surface area contributed by atoms with Crippen LogP contribution in [0.1, 0.15) is 33.6 Å². The van der Waals surface area contributed by atoms with Gasteiger partial charge in [-0.25, -0.2) is 0 Å². The fourth-order valence-corrected chi connectivity index (χ4v) is 5.27. The van der Waals surface area contributed by atoms with Crippen LogP contribution in [0.2, 0.25) is 37.8 Å². The fourth-order valence-electron chi connectivity index (χ4n) is 2.52. The summed E-state index contributed by atoms with van der Waals surface area (Å²) in [4.78, 5) is 2.69. The quantitative estimate of drug-likeness (QED) is 0.688. The highest BCUT2D eigenvalue weighted by atomic mass is 28.4. The monoisotopic (exact) mass is 315 g/mol.